The highest BCUT2D eigenvalue weighted by atomic mass is 19.4. The summed E-state index contributed by atoms with van der Waals surface area (Å²) in [6, 6.07) is 7.98. The van der Waals surface area contributed by atoms with Crippen molar-refractivity contribution < 1.29 is 18.0 Å². The number of amides is 1. The Kier molecular flexibility index (Phi) is 5.60. The van der Waals surface area contributed by atoms with Gasteiger partial charge in [-0.3, -0.25) is 4.79 Å². The van der Waals surface area contributed by atoms with Crippen LogP contribution in [0.5, 0.6) is 0 Å². The number of piperidine rings is 1. The lowest BCUT2D eigenvalue weighted by Gasteiger charge is -2.31. The normalized spacial score (nSPS) is 15.7. The summed E-state index contributed by atoms with van der Waals surface area (Å²) in [6.07, 6.45) is -3.29. The van der Waals surface area contributed by atoms with Crippen LogP contribution in [0.3, 0.4) is 0 Å². The van der Waals surface area contributed by atoms with Crippen molar-refractivity contribution in [3.8, 4) is 0 Å². The molecule has 0 unspecified atom stereocenters. The molecule has 32 heavy (non-hydrogen) atoms. The number of rotatable bonds is 3. The van der Waals surface area contributed by atoms with E-state index in [-0.39, 0.29) is 23.4 Å². The maximum absolute atomic E-state index is 13.6. The van der Waals surface area contributed by atoms with Crippen molar-refractivity contribution in [2.45, 2.75) is 51.6 Å². The number of aromatic nitrogens is 3. The van der Waals surface area contributed by atoms with Crippen LogP contribution >= 0.6 is 0 Å². The number of hydrogen-bond acceptors (Lipinski definition) is 4. The number of nitrogens with two attached hydrogens (primary N) is 1. The predicted molar refractivity (Wildman–Crippen MR) is 116 cm³/mol. The zero-order valence-electron chi connectivity index (χ0n) is 18.3. The second kappa shape index (κ2) is 8.11. The van der Waals surface area contributed by atoms with Gasteiger partial charge in [-0.25, -0.2) is 9.50 Å². The molecule has 0 spiro atoms. The number of carbonyl (C=O) groups is 1. The van der Waals surface area contributed by atoms with Crippen LogP contribution in [-0.2, 0) is 6.18 Å². The number of nitrogen functional groups attached to an aromatic ring is 1. The highest BCUT2D eigenvalue weighted by Crippen LogP contribution is 2.34. The standard InChI is InChI=1S/C23H26F3N5O/c1-13(2)18-11-20(23(24,25)26)31-21(28-18)12-19(29-31)15-6-8-30(9-7-15)22(32)16-5-4-14(3)17(27)10-16/h4-5,10-13,15H,6-9,27H2,1-3H3. The van der Waals surface area contributed by atoms with E-state index in [2.05, 4.69) is 10.1 Å². The van der Waals surface area contributed by atoms with Gasteiger partial charge in [0.15, 0.2) is 5.65 Å². The maximum atomic E-state index is 13.6. The highest BCUT2D eigenvalue weighted by molar-refractivity contribution is 5.95. The number of likely N-dealkylation sites (tertiary alicyclic amines) is 1. The van der Waals surface area contributed by atoms with Crippen molar-refractivity contribution in [3.05, 3.63) is 58.5 Å². The number of anilines is 1. The molecule has 4 rings (SSSR count). The van der Waals surface area contributed by atoms with Crippen molar-refractivity contribution >= 4 is 17.2 Å². The highest BCUT2D eigenvalue weighted by Gasteiger charge is 2.36. The number of alkyl halides is 3. The fourth-order valence-corrected chi connectivity index (χ4v) is 4.04. The van der Waals surface area contributed by atoms with Crippen LogP contribution in [0.25, 0.3) is 5.65 Å². The second-order valence-electron chi connectivity index (χ2n) is 8.70. The van der Waals surface area contributed by atoms with E-state index in [0.717, 1.165) is 16.1 Å². The zero-order chi connectivity index (χ0) is 23.2. The average molecular weight is 445 g/mol. The minimum Gasteiger partial charge on any atom is -0.398 e. The van der Waals surface area contributed by atoms with Gasteiger partial charge in [0.1, 0.15) is 5.69 Å². The van der Waals surface area contributed by atoms with E-state index in [0.29, 0.717) is 48.6 Å². The van der Waals surface area contributed by atoms with Gasteiger partial charge in [0.05, 0.1) is 5.69 Å². The Morgan fingerprint density at radius 1 is 1.16 bits per heavy atom. The van der Waals surface area contributed by atoms with Gasteiger partial charge in [0.25, 0.3) is 5.91 Å². The molecule has 2 N–H and O–H groups in total. The summed E-state index contributed by atoms with van der Waals surface area (Å²) in [7, 11) is 0. The van der Waals surface area contributed by atoms with Gasteiger partial charge in [-0.1, -0.05) is 19.9 Å². The molecule has 1 fully saturated rings. The third-order valence-corrected chi connectivity index (χ3v) is 6.07. The largest absolute Gasteiger partial charge is 0.433 e. The molecule has 1 aliphatic heterocycles. The molecule has 0 radical (unpaired) electrons. The first-order valence-corrected chi connectivity index (χ1v) is 10.7. The SMILES string of the molecule is Cc1ccc(C(=O)N2CCC(c3cc4nc(C(C)C)cc(C(F)(F)F)n4n3)CC2)cc1N. The van der Waals surface area contributed by atoms with Crippen molar-refractivity contribution in [1.29, 1.82) is 0 Å². The monoisotopic (exact) mass is 445 g/mol. The molecule has 3 aromatic rings. The molecule has 6 nitrogen and oxygen atoms in total. The van der Waals surface area contributed by atoms with Crippen LogP contribution in [-0.4, -0.2) is 38.5 Å². The second-order valence-corrected chi connectivity index (χ2v) is 8.70. The Bertz CT molecular complexity index is 1160. The van der Waals surface area contributed by atoms with E-state index in [4.69, 9.17) is 5.73 Å². The predicted octanol–water partition coefficient (Wildman–Crippen LogP) is 4.78. The van der Waals surface area contributed by atoms with E-state index >= 15 is 0 Å². The van der Waals surface area contributed by atoms with Crippen LogP contribution in [0.1, 0.15) is 71.5 Å². The lowest BCUT2D eigenvalue weighted by atomic mass is 9.93. The minimum atomic E-state index is -4.53. The van der Waals surface area contributed by atoms with Gasteiger partial charge >= 0.3 is 6.18 Å². The molecule has 1 aliphatic rings. The van der Waals surface area contributed by atoms with Crippen molar-refractivity contribution in [2.24, 2.45) is 0 Å². The van der Waals surface area contributed by atoms with Gasteiger partial charge in [-0.05, 0) is 49.4 Å². The van der Waals surface area contributed by atoms with Gasteiger partial charge in [0.2, 0.25) is 0 Å². The summed E-state index contributed by atoms with van der Waals surface area (Å²) in [5.74, 6) is -0.260. The topological polar surface area (TPSA) is 76.5 Å². The van der Waals surface area contributed by atoms with Crippen LogP contribution in [0.15, 0.2) is 30.3 Å². The van der Waals surface area contributed by atoms with Crippen molar-refractivity contribution in [2.75, 3.05) is 18.8 Å². The van der Waals surface area contributed by atoms with E-state index in [1.54, 1.807) is 23.1 Å². The van der Waals surface area contributed by atoms with Crippen LogP contribution in [0.4, 0.5) is 18.9 Å². The summed E-state index contributed by atoms with van der Waals surface area (Å²) in [6.45, 7) is 6.51. The number of hydrogen-bond donors (Lipinski definition) is 1. The quantitative estimate of drug-likeness (QED) is 0.589. The first-order valence-electron chi connectivity index (χ1n) is 10.7. The molecule has 1 saturated heterocycles. The van der Waals surface area contributed by atoms with Crippen LogP contribution in [0.2, 0.25) is 0 Å². The fraction of sp³-hybridized carbons (Fsp3) is 0.435. The van der Waals surface area contributed by atoms with E-state index in [1.807, 2.05) is 26.8 Å². The smallest absolute Gasteiger partial charge is 0.398 e. The molecular formula is C23H26F3N5O. The number of aryl methyl sites for hydroxylation is 1. The number of fused-ring (bicyclic) bond motifs is 1. The number of halogens is 3. The van der Waals surface area contributed by atoms with Gasteiger partial charge < -0.3 is 10.6 Å². The third-order valence-electron chi connectivity index (χ3n) is 6.07. The molecule has 9 heteroatoms. The van der Waals surface area contributed by atoms with Gasteiger partial charge in [-0.15, -0.1) is 0 Å². The van der Waals surface area contributed by atoms with Gasteiger partial charge in [-0.2, -0.15) is 18.3 Å². The van der Waals surface area contributed by atoms with E-state index in [9.17, 15) is 18.0 Å². The first-order chi connectivity index (χ1) is 15.0. The molecule has 0 aliphatic carbocycles. The maximum Gasteiger partial charge on any atom is 0.433 e. The molecule has 0 bridgehead atoms. The van der Waals surface area contributed by atoms with Crippen LogP contribution in [0, 0.1) is 6.92 Å². The summed E-state index contributed by atoms with van der Waals surface area (Å²) in [4.78, 5) is 19.0. The first kappa shape index (κ1) is 22.1. The molecule has 3 heterocycles. The Hall–Kier alpha value is -3.10. The molecule has 1 amide bonds. The van der Waals surface area contributed by atoms with Crippen molar-refractivity contribution in [3.63, 3.8) is 0 Å². The minimum absolute atomic E-state index is 0.0348. The van der Waals surface area contributed by atoms with E-state index < -0.39 is 11.9 Å². The lowest BCUT2D eigenvalue weighted by molar-refractivity contribution is -0.142. The number of nitrogens with zero attached hydrogens (tertiary/aromatic N) is 4. The Balaban J connectivity index is 1.55. The molecular weight excluding hydrogens is 419 g/mol. The summed E-state index contributed by atoms with van der Waals surface area (Å²) in [5.41, 5.74) is 8.30. The zero-order valence-corrected chi connectivity index (χ0v) is 18.3. The van der Waals surface area contributed by atoms with Crippen LogP contribution < -0.4 is 5.73 Å². The Morgan fingerprint density at radius 2 is 1.84 bits per heavy atom. The summed E-state index contributed by atoms with van der Waals surface area (Å²) < 4.78 is 41.8. The Morgan fingerprint density at radius 3 is 2.44 bits per heavy atom. The molecule has 1 aromatic carbocycles. The van der Waals surface area contributed by atoms with Crippen molar-refractivity contribution in [1.82, 2.24) is 19.5 Å². The van der Waals surface area contributed by atoms with E-state index in [1.165, 1.54) is 0 Å². The molecule has 170 valence electrons. The molecule has 2 aromatic heterocycles. The average Bonchev–Trinajstić information content (AvgIpc) is 3.18. The number of benzene rings is 1. The number of carbonyl (C=O) groups excluding carboxylic acids is 1. The molecule has 0 atom stereocenters. The van der Waals surface area contributed by atoms with Gasteiger partial charge in [0, 0.05) is 42.0 Å². The molecule has 0 saturated carbocycles. The summed E-state index contributed by atoms with van der Waals surface area (Å²) in [5, 5.41) is 4.27. The lowest BCUT2D eigenvalue weighted by Crippen LogP contribution is -2.38. The fourth-order valence-electron chi connectivity index (χ4n) is 4.04. The third kappa shape index (κ3) is 4.16. The Labute approximate surface area is 184 Å². The summed E-state index contributed by atoms with van der Waals surface area (Å²) >= 11 is 0.